The summed E-state index contributed by atoms with van der Waals surface area (Å²) in [5.41, 5.74) is -0.971. The fourth-order valence-electron chi connectivity index (χ4n) is 14.1. The number of ether oxygens (including phenoxy) is 11. The first-order valence-corrected chi connectivity index (χ1v) is 46.4. The fourth-order valence-corrected chi connectivity index (χ4v) is 14.8. The number of nitrogens with two attached hydrogens (primary N) is 1. The van der Waals surface area contributed by atoms with Gasteiger partial charge in [0, 0.05) is 148 Å². The van der Waals surface area contributed by atoms with Crippen molar-refractivity contribution in [3.05, 3.63) is 166 Å². The van der Waals surface area contributed by atoms with Crippen LogP contribution in [0.3, 0.4) is 0 Å². The molecule has 0 aromatic carbocycles. The van der Waals surface area contributed by atoms with E-state index < -0.39 is 234 Å². The monoisotopic (exact) mass is 1970 g/mol. The van der Waals surface area contributed by atoms with Crippen LogP contribution in [0, 0.1) is 17.8 Å². The van der Waals surface area contributed by atoms with Gasteiger partial charge in [-0.3, -0.25) is 124 Å². The van der Waals surface area contributed by atoms with Crippen LogP contribution in [0.15, 0.2) is 109 Å². The Balaban J connectivity index is 0.000000343. The number of nitrogens with one attached hydrogen (secondary N) is 8. The van der Waals surface area contributed by atoms with Crippen molar-refractivity contribution in [3.8, 4) is 0 Å². The van der Waals surface area contributed by atoms with Gasteiger partial charge >= 0.3 is 40.4 Å². The summed E-state index contributed by atoms with van der Waals surface area (Å²) >= 11 is 5.34. The standard InChI is InChI=1S/C18H26N3O8P.C17H23N3O7.C16H21N3O8.C11H14N2O6.C11H16N2O5.C6H11NO3.C2H6ClP/c1-9(22)8-11(10(2)23)19-16(25)14-13(29-30(4)5)15(27-3)17(28-14)21-7-6-12(24)20-18(21)26;1-8(21)7-11(10(3)22)18-15(24)13-9(2)14(26-4)16(27-13)20-6-5-12(23)19-17(20)25;1-7(20)6-9(8(2)21)17-14(24)12-11(23)13(26-3)15(27-12)19-5-4-10(22)18-16(19)25;1-5-7(18-2)9(19-8(5)10(15)16)13-4-3-6(14)12-11(13)17;1-6-7(5-14)18-10(9(6)17-2)13-4-3-8(15)12-11(13)16;1-4(8)3-5(7)6(9)10-2;1-4(2)3/h6-7,11,13-15,17H,8H2,1-5H3,(H,19,25)(H,20,24,26);5-6,9,11,13-14,16H,7H2,1-4H3,(H,18,24)(H,19,23,25);4-5,9,11-13,15,23H,6H2,1-3H3,(H,17,24)(H,18,22,25);3-5,7-9H,1-2H3,(H,15,16)(H,12,14,17);3-4,6-7,9-10,14H,5H2,1-2H3,(H,12,15,16);5H,3,7H2,1-2H3;1-2H3/t11-,13?,14+,15+,17-;9?,11-,13+,14+,16-;9-,11?,12+,13+,15-;5?,7-,8-,9+;6?,7-,9+,10-;5-;/m111011./s1. The Hall–Kier alpha value is -11.0. The molecule has 13 N–H and O–H groups in total. The number of aliphatic hydroxyl groups excluding tert-OH is 2. The highest BCUT2D eigenvalue weighted by Gasteiger charge is 2.54. The quantitative estimate of drug-likeness (QED) is 0.0145. The zero-order valence-corrected chi connectivity index (χ0v) is 80.0. The minimum atomic E-state index is -1.45. The minimum absolute atomic E-state index is 0.0483. The van der Waals surface area contributed by atoms with E-state index in [2.05, 4.69) is 40.6 Å². The molecule has 5 aliphatic rings. The van der Waals surface area contributed by atoms with Crippen molar-refractivity contribution in [2.45, 2.75) is 223 Å². The van der Waals surface area contributed by atoms with Gasteiger partial charge in [0.05, 0.1) is 37.9 Å². The molecule has 24 atom stereocenters. The fraction of sp³-hybridized carbons (Fsp3) is 0.605. The number of Topliss-reactive ketones (excluding diaryl/α,β-unsaturated/α-hetero) is 7. The third-order valence-electron chi connectivity index (χ3n) is 20.7. The third-order valence-corrected chi connectivity index (χ3v) is 21.3. The molecule has 0 aliphatic carbocycles. The Morgan fingerprint density at radius 2 is 0.681 bits per heavy atom. The second kappa shape index (κ2) is 54.7. The molecule has 5 unspecified atom stereocenters. The van der Waals surface area contributed by atoms with Crippen molar-refractivity contribution >= 4 is 96.8 Å². The lowest BCUT2D eigenvalue weighted by Crippen LogP contribution is -2.49. The average Bonchev–Trinajstić information content (AvgIpc) is 1.67. The highest BCUT2D eigenvalue weighted by Crippen LogP contribution is 2.42. The minimum Gasteiger partial charge on any atom is -0.479 e. The van der Waals surface area contributed by atoms with Crippen molar-refractivity contribution in [2.75, 3.05) is 75.9 Å². The zero-order valence-electron chi connectivity index (χ0n) is 77.5. The van der Waals surface area contributed by atoms with Crippen molar-refractivity contribution in [1.29, 1.82) is 0 Å². The van der Waals surface area contributed by atoms with Gasteiger partial charge in [0.2, 0.25) is 5.91 Å². The molecule has 3 amide bonds. The van der Waals surface area contributed by atoms with Crippen molar-refractivity contribution in [2.24, 2.45) is 23.5 Å². The van der Waals surface area contributed by atoms with Gasteiger partial charge in [-0.05, 0) is 82.4 Å². The Labute approximate surface area is 775 Å². The number of aromatic nitrogens is 10. The molecular formula is C81H117ClN14O37P2. The van der Waals surface area contributed by atoms with Gasteiger partial charge in [0.15, 0.2) is 66.8 Å². The number of esters is 1. The number of hydrogen-bond acceptors (Lipinski definition) is 37. The van der Waals surface area contributed by atoms with Crippen LogP contribution in [0.4, 0.5) is 0 Å². The number of H-pyrrole nitrogens is 5. The number of carbonyl (C=O) groups is 12. The molecule has 0 spiro atoms. The van der Waals surface area contributed by atoms with Crippen LogP contribution in [0.5, 0.6) is 0 Å². The zero-order chi connectivity index (χ0) is 102. The number of rotatable bonds is 32. The third kappa shape index (κ3) is 33.5. The maximum absolute atomic E-state index is 12.9. The van der Waals surface area contributed by atoms with Gasteiger partial charge in [0.1, 0.15) is 78.0 Å². The number of carbonyl (C=O) groups excluding carboxylic acids is 11. The van der Waals surface area contributed by atoms with Gasteiger partial charge in [-0.1, -0.05) is 32.0 Å². The topological polar surface area (TPSA) is 713 Å². The number of carboxylic acid groups (broad SMARTS) is 1. The Bertz CT molecular complexity index is 5430. The molecule has 5 saturated heterocycles. The van der Waals surface area contributed by atoms with Crippen LogP contribution in [0.1, 0.15) is 126 Å². The molecular weight excluding hydrogens is 1860 g/mol. The molecule has 0 saturated carbocycles. The summed E-state index contributed by atoms with van der Waals surface area (Å²) in [5, 5.41) is 36.0. The predicted molar refractivity (Wildman–Crippen MR) is 476 cm³/mol. The number of amides is 3. The number of aliphatic carboxylic acids is 1. The Kier molecular flexibility index (Phi) is 47.1. The lowest BCUT2D eigenvalue weighted by molar-refractivity contribution is -0.153. The number of methoxy groups -OCH3 is 6. The lowest BCUT2D eigenvalue weighted by atomic mass is 9.98. The van der Waals surface area contributed by atoms with E-state index in [-0.39, 0.29) is 86.3 Å². The number of aliphatic hydroxyl groups is 2. The molecule has 5 aromatic rings. The highest BCUT2D eigenvalue weighted by atomic mass is 35.7. The van der Waals surface area contributed by atoms with Crippen molar-refractivity contribution in [1.82, 2.24) is 63.7 Å². The number of carboxylic acids is 1. The molecule has 5 aliphatic heterocycles. The van der Waals surface area contributed by atoms with E-state index >= 15 is 0 Å². The number of aromatic amines is 5. The van der Waals surface area contributed by atoms with Crippen molar-refractivity contribution < 1.29 is 129 Å². The number of nitrogens with zero attached hydrogens (tertiary/aromatic N) is 5. The van der Waals surface area contributed by atoms with E-state index in [4.69, 9.17) is 74.0 Å². The normalized spacial score (nSPS) is 25.5. The Morgan fingerprint density at radius 3 is 0.963 bits per heavy atom. The molecule has 10 heterocycles. The van der Waals surface area contributed by atoms with Crippen LogP contribution in [0.2, 0.25) is 0 Å². The van der Waals surface area contributed by atoms with Gasteiger partial charge in [-0.15, -0.1) is 0 Å². The predicted octanol–water partition coefficient (Wildman–Crippen LogP) is -3.86. The summed E-state index contributed by atoms with van der Waals surface area (Å²) in [4.78, 5) is 265. The van der Waals surface area contributed by atoms with Gasteiger partial charge in [0.25, 0.3) is 39.6 Å². The van der Waals surface area contributed by atoms with Crippen LogP contribution in [-0.2, 0) is 114 Å². The van der Waals surface area contributed by atoms with E-state index in [9.17, 15) is 116 Å². The molecule has 0 bridgehead atoms. The van der Waals surface area contributed by atoms with Crippen LogP contribution >= 0.6 is 26.7 Å². The van der Waals surface area contributed by atoms with Gasteiger partial charge in [-0.2, -0.15) is 0 Å². The summed E-state index contributed by atoms with van der Waals surface area (Å²) in [5.74, 6) is -6.71. The maximum Gasteiger partial charge on any atom is 0.333 e. The molecule has 10 rings (SSSR count). The summed E-state index contributed by atoms with van der Waals surface area (Å²) in [6.45, 7) is 21.9. The van der Waals surface area contributed by atoms with Gasteiger partial charge < -0.3 is 93.6 Å². The SMILES string of the molecule is COC(=O)[C@H](N)CC(C)=O.CO[C@H]1C(C)[C@@H](C(=O)N[C@H](CC(C)=O)C(C)=O)O[C@H]1n1ccc(=O)[nH]c1=O.CO[C@H]1C(C)[C@@H](C(=O)O)O[C@H]1n1ccc(=O)[nH]c1=O.CO[C@H]1C(C)[C@@H](CO)O[C@H]1n1ccc(=O)[nH]c1=O.CO[C@H]1C(O)[C@@H](C(=O)N[C@H](CC(C)=O)C(C)=O)O[C@H]1n1ccc(=O)[nH]c1=O.CO[C@H]1C(OP(C)C)[C@@H](C(=O)N[C@H](CC(C)=O)C(C)=O)O[C@H]1n1ccc(=O)[nH]c1=O.CP(C)Cl. The van der Waals surface area contributed by atoms with Gasteiger partial charge in [-0.25, -0.2) is 28.8 Å². The summed E-state index contributed by atoms with van der Waals surface area (Å²) < 4.78 is 70.4. The molecule has 5 fully saturated rings. The number of halogens is 1. The molecule has 54 heteroatoms. The Morgan fingerprint density at radius 1 is 0.415 bits per heavy atom. The smallest absolute Gasteiger partial charge is 0.333 e. The van der Waals surface area contributed by atoms with E-state index in [1.165, 1.54) is 127 Å². The lowest BCUT2D eigenvalue weighted by Gasteiger charge is -2.25. The van der Waals surface area contributed by atoms with Crippen molar-refractivity contribution in [3.63, 3.8) is 0 Å². The maximum atomic E-state index is 12.9. The van der Waals surface area contributed by atoms with E-state index in [1.54, 1.807) is 13.8 Å². The van der Waals surface area contributed by atoms with Crippen LogP contribution in [0.25, 0.3) is 0 Å². The van der Waals surface area contributed by atoms with Crippen LogP contribution in [-0.4, -0.2) is 307 Å². The molecule has 51 nitrogen and oxygen atoms in total. The summed E-state index contributed by atoms with van der Waals surface area (Å²) in [7, 11) is 7.14. The molecule has 5 aromatic heterocycles. The number of hydrogen-bond donors (Lipinski definition) is 12. The first-order valence-electron chi connectivity index (χ1n) is 41.1. The highest BCUT2D eigenvalue weighted by molar-refractivity contribution is 7.82. The first kappa shape index (κ1) is 116. The first-order chi connectivity index (χ1) is 63.2. The second-order valence-corrected chi connectivity index (χ2v) is 36.9. The molecule has 750 valence electrons. The summed E-state index contributed by atoms with van der Waals surface area (Å²) in [6, 6.07) is 1.99. The van der Waals surface area contributed by atoms with E-state index in [0.29, 0.717) is 0 Å². The molecule has 0 radical (unpaired) electrons. The summed E-state index contributed by atoms with van der Waals surface area (Å²) in [6.07, 6.45) is -9.83. The van der Waals surface area contributed by atoms with E-state index in [1.807, 2.05) is 38.6 Å². The van der Waals surface area contributed by atoms with Crippen LogP contribution < -0.4 is 77.9 Å². The van der Waals surface area contributed by atoms with E-state index in [0.717, 1.165) is 48.7 Å². The molecule has 135 heavy (non-hydrogen) atoms. The number of ketones is 7. The largest absolute Gasteiger partial charge is 0.479 e. The second-order valence-electron chi connectivity index (χ2n) is 31.5. The average molecular weight is 1980 g/mol.